The Morgan fingerprint density at radius 2 is 1.95 bits per heavy atom. The second kappa shape index (κ2) is 7.22. The summed E-state index contributed by atoms with van der Waals surface area (Å²) in [5, 5.41) is 4.42. The first-order valence-electron chi connectivity index (χ1n) is 7.14. The number of aromatic nitrogens is 2. The molecule has 1 aromatic carbocycles. The normalized spacial score (nSPS) is 11.2. The van der Waals surface area contributed by atoms with E-state index in [0.717, 1.165) is 38.3 Å². The molecule has 2 aromatic rings. The lowest BCUT2D eigenvalue weighted by Crippen LogP contribution is -2.25. The molecule has 0 bridgehead atoms. The second-order valence-corrected chi connectivity index (χ2v) is 5.25. The zero-order valence-corrected chi connectivity index (χ0v) is 12.4. The minimum absolute atomic E-state index is 0.733. The van der Waals surface area contributed by atoms with Crippen LogP contribution in [0.25, 0.3) is 0 Å². The van der Waals surface area contributed by atoms with E-state index < -0.39 is 0 Å². The van der Waals surface area contributed by atoms with Gasteiger partial charge < -0.3 is 5.73 Å². The molecule has 0 fully saturated rings. The fraction of sp³-hybridized carbons (Fsp3) is 0.438. The maximum atomic E-state index is 5.65. The number of nitrogens with two attached hydrogens (primary N) is 1. The second-order valence-electron chi connectivity index (χ2n) is 5.25. The Morgan fingerprint density at radius 3 is 2.55 bits per heavy atom. The van der Waals surface area contributed by atoms with Crippen molar-refractivity contribution in [3.63, 3.8) is 0 Å². The molecule has 0 atom stereocenters. The van der Waals surface area contributed by atoms with Crippen LogP contribution in [-0.2, 0) is 20.1 Å². The maximum Gasteiger partial charge on any atom is 0.0638 e. The van der Waals surface area contributed by atoms with E-state index in [1.807, 2.05) is 11.7 Å². The van der Waals surface area contributed by atoms with Gasteiger partial charge in [0.15, 0.2) is 0 Å². The van der Waals surface area contributed by atoms with Gasteiger partial charge in [0.2, 0.25) is 0 Å². The summed E-state index contributed by atoms with van der Waals surface area (Å²) in [6.07, 6.45) is 3.13. The highest BCUT2D eigenvalue weighted by Gasteiger charge is 2.10. The van der Waals surface area contributed by atoms with Gasteiger partial charge in [0.25, 0.3) is 0 Å². The molecule has 108 valence electrons. The van der Waals surface area contributed by atoms with E-state index in [2.05, 4.69) is 53.5 Å². The summed E-state index contributed by atoms with van der Waals surface area (Å²) in [6.45, 7) is 5.69. The third-order valence-corrected chi connectivity index (χ3v) is 3.44. The van der Waals surface area contributed by atoms with Gasteiger partial charge >= 0.3 is 0 Å². The van der Waals surface area contributed by atoms with E-state index in [1.165, 1.54) is 11.1 Å². The molecule has 0 saturated heterocycles. The Morgan fingerprint density at radius 1 is 1.20 bits per heavy atom. The number of benzene rings is 1. The Hall–Kier alpha value is -1.65. The summed E-state index contributed by atoms with van der Waals surface area (Å²) >= 11 is 0. The van der Waals surface area contributed by atoms with Gasteiger partial charge in [-0.2, -0.15) is 5.10 Å². The maximum absolute atomic E-state index is 5.65. The zero-order valence-electron chi connectivity index (χ0n) is 12.4. The molecule has 4 nitrogen and oxygen atoms in total. The Labute approximate surface area is 121 Å². The fourth-order valence-corrected chi connectivity index (χ4v) is 2.42. The highest BCUT2D eigenvalue weighted by molar-refractivity contribution is 5.17. The molecule has 0 spiro atoms. The van der Waals surface area contributed by atoms with Crippen LogP contribution in [0.3, 0.4) is 0 Å². The van der Waals surface area contributed by atoms with Crippen molar-refractivity contribution >= 4 is 0 Å². The van der Waals surface area contributed by atoms with Crippen LogP contribution in [0.2, 0.25) is 0 Å². The van der Waals surface area contributed by atoms with E-state index in [0.29, 0.717) is 0 Å². The Bertz CT molecular complexity index is 519. The summed E-state index contributed by atoms with van der Waals surface area (Å²) in [5.41, 5.74) is 9.40. The van der Waals surface area contributed by atoms with Gasteiger partial charge in [0, 0.05) is 38.4 Å². The lowest BCUT2D eigenvalue weighted by Gasteiger charge is -2.22. The van der Waals surface area contributed by atoms with E-state index in [4.69, 9.17) is 5.73 Å². The van der Waals surface area contributed by atoms with Gasteiger partial charge in [-0.25, -0.2) is 0 Å². The smallest absolute Gasteiger partial charge is 0.0638 e. The number of rotatable bonds is 7. The molecule has 0 radical (unpaired) electrons. The molecule has 1 aromatic heterocycles. The van der Waals surface area contributed by atoms with E-state index in [1.54, 1.807) is 0 Å². The van der Waals surface area contributed by atoms with Crippen LogP contribution < -0.4 is 5.73 Å². The monoisotopic (exact) mass is 272 g/mol. The Kier molecular flexibility index (Phi) is 5.32. The van der Waals surface area contributed by atoms with Crippen LogP contribution in [-0.4, -0.2) is 27.8 Å². The lowest BCUT2D eigenvalue weighted by atomic mass is 10.2. The van der Waals surface area contributed by atoms with Crippen LogP contribution in [0, 0.1) is 6.92 Å². The van der Waals surface area contributed by atoms with Gasteiger partial charge in [0.05, 0.1) is 5.69 Å². The summed E-state index contributed by atoms with van der Waals surface area (Å²) in [4.78, 5) is 2.44. The first-order valence-corrected chi connectivity index (χ1v) is 7.14. The van der Waals surface area contributed by atoms with E-state index in [9.17, 15) is 0 Å². The molecule has 4 heteroatoms. The topological polar surface area (TPSA) is 47.1 Å². The van der Waals surface area contributed by atoms with Crippen molar-refractivity contribution in [2.45, 2.75) is 26.4 Å². The first kappa shape index (κ1) is 14.8. The average molecular weight is 272 g/mol. The largest absolute Gasteiger partial charge is 0.330 e. The predicted molar refractivity (Wildman–Crippen MR) is 82.2 cm³/mol. The number of nitrogens with zero attached hydrogens (tertiary/aromatic N) is 3. The quantitative estimate of drug-likeness (QED) is 0.839. The van der Waals surface area contributed by atoms with Crippen LogP contribution in [0.4, 0.5) is 0 Å². The van der Waals surface area contributed by atoms with Gasteiger partial charge in [-0.3, -0.25) is 9.58 Å². The minimum Gasteiger partial charge on any atom is -0.330 e. The molecule has 0 aliphatic rings. The van der Waals surface area contributed by atoms with Gasteiger partial charge in [-0.1, -0.05) is 30.3 Å². The average Bonchev–Trinajstić information content (AvgIpc) is 2.75. The first-order chi connectivity index (χ1) is 9.69. The van der Waals surface area contributed by atoms with Crippen LogP contribution in [0.15, 0.2) is 36.5 Å². The van der Waals surface area contributed by atoms with E-state index >= 15 is 0 Å². The molecule has 0 aliphatic carbocycles. The Balaban J connectivity index is 2.05. The van der Waals surface area contributed by atoms with Gasteiger partial charge in [-0.05, 0) is 25.5 Å². The highest BCUT2D eigenvalue weighted by atomic mass is 15.3. The molecule has 1 heterocycles. The van der Waals surface area contributed by atoms with Crippen molar-refractivity contribution in [2.24, 2.45) is 12.8 Å². The van der Waals surface area contributed by atoms with Crippen molar-refractivity contribution in [1.29, 1.82) is 0 Å². The molecule has 0 amide bonds. The van der Waals surface area contributed by atoms with Gasteiger partial charge in [-0.15, -0.1) is 0 Å². The molecule has 0 aliphatic heterocycles. The zero-order chi connectivity index (χ0) is 14.4. The lowest BCUT2D eigenvalue weighted by molar-refractivity contribution is 0.254. The molecule has 20 heavy (non-hydrogen) atoms. The van der Waals surface area contributed by atoms with Crippen molar-refractivity contribution in [3.8, 4) is 0 Å². The van der Waals surface area contributed by atoms with Crippen molar-refractivity contribution in [2.75, 3.05) is 13.1 Å². The van der Waals surface area contributed by atoms with E-state index in [-0.39, 0.29) is 0 Å². The number of aryl methyl sites for hydroxylation is 2. The summed E-state index contributed by atoms with van der Waals surface area (Å²) in [5.74, 6) is 0. The molecular weight excluding hydrogens is 248 g/mol. The highest BCUT2D eigenvalue weighted by Crippen LogP contribution is 2.12. The van der Waals surface area contributed by atoms with Crippen LogP contribution in [0.5, 0.6) is 0 Å². The molecular formula is C16H24N4. The third-order valence-electron chi connectivity index (χ3n) is 3.44. The fourth-order valence-electron chi connectivity index (χ4n) is 2.42. The minimum atomic E-state index is 0.733. The standard InChI is InChI=1S/C16H24N4/c1-14-16(12-19(2)18-14)13-20(10-6-9-17)11-15-7-4-3-5-8-15/h3-5,7-8,12H,6,9-11,13,17H2,1-2H3. The van der Waals surface area contributed by atoms with Crippen LogP contribution in [0.1, 0.15) is 23.2 Å². The van der Waals surface area contributed by atoms with Crippen molar-refractivity contribution in [3.05, 3.63) is 53.3 Å². The van der Waals surface area contributed by atoms with Gasteiger partial charge in [0.1, 0.15) is 0 Å². The van der Waals surface area contributed by atoms with Crippen molar-refractivity contribution < 1.29 is 0 Å². The molecule has 0 saturated carbocycles. The van der Waals surface area contributed by atoms with Crippen molar-refractivity contribution in [1.82, 2.24) is 14.7 Å². The summed E-state index contributed by atoms with van der Waals surface area (Å²) in [6, 6.07) is 10.6. The molecule has 2 rings (SSSR count). The number of hydrogen-bond acceptors (Lipinski definition) is 3. The molecule has 0 unspecified atom stereocenters. The van der Waals surface area contributed by atoms with Crippen LogP contribution >= 0.6 is 0 Å². The summed E-state index contributed by atoms with van der Waals surface area (Å²) in [7, 11) is 1.97. The molecule has 2 N–H and O–H groups in total. The summed E-state index contributed by atoms with van der Waals surface area (Å²) < 4.78 is 1.88. The SMILES string of the molecule is Cc1nn(C)cc1CN(CCCN)Cc1ccccc1. The number of hydrogen-bond donors (Lipinski definition) is 1. The third kappa shape index (κ3) is 4.18. The predicted octanol–water partition coefficient (Wildman–Crippen LogP) is 2.08.